The van der Waals surface area contributed by atoms with Crippen LogP contribution in [-0.4, -0.2) is 0 Å². The predicted molar refractivity (Wildman–Crippen MR) is 78.3 cm³/mol. The van der Waals surface area contributed by atoms with E-state index in [4.69, 9.17) is 11.6 Å². The first-order valence-corrected chi connectivity index (χ1v) is 7.01. The summed E-state index contributed by atoms with van der Waals surface area (Å²) < 4.78 is 0. The summed E-state index contributed by atoms with van der Waals surface area (Å²) in [4.78, 5) is 0. The fraction of sp³-hybridized carbons (Fsp3) is 0.294. The Balaban J connectivity index is 2.23. The van der Waals surface area contributed by atoms with Crippen molar-refractivity contribution >= 4 is 11.6 Å². The quantitative estimate of drug-likeness (QED) is 0.658. The molecule has 0 atom stereocenters. The molecule has 1 heteroatoms. The molecular weight excluding hydrogens is 240 g/mol. The van der Waals surface area contributed by atoms with Crippen LogP contribution in [0.1, 0.15) is 29.5 Å². The van der Waals surface area contributed by atoms with Crippen molar-refractivity contribution < 1.29 is 0 Å². The van der Waals surface area contributed by atoms with Crippen LogP contribution in [0.2, 0.25) is 5.02 Å². The van der Waals surface area contributed by atoms with Crippen molar-refractivity contribution in [2.75, 3.05) is 0 Å². The molecule has 2 aromatic carbocycles. The molecule has 0 spiro atoms. The molecule has 92 valence electrons. The van der Waals surface area contributed by atoms with Crippen LogP contribution >= 0.6 is 11.6 Å². The van der Waals surface area contributed by atoms with Gasteiger partial charge in [0.15, 0.2) is 0 Å². The fourth-order valence-corrected chi connectivity index (χ4v) is 3.31. The van der Waals surface area contributed by atoms with Crippen LogP contribution in [0.25, 0.3) is 11.1 Å². The van der Waals surface area contributed by atoms with E-state index in [1.165, 1.54) is 53.5 Å². The van der Waals surface area contributed by atoms with Gasteiger partial charge < -0.3 is 0 Å². The summed E-state index contributed by atoms with van der Waals surface area (Å²) in [6.07, 6.45) is 5.02. The van der Waals surface area contributed by atoms with E-state index in [-0.39, 0.29) is 0 Å². The zero-order chi connectivity index (χ0) is 12.5. The molecular formula is C17H17Cl. The first kappa shape index (κ1) is 11.8. The van der Waals surface area contributed by atoms with Gasteiger partial charge in [-0.05, 0) is 60.9 Å². The molecule has 0 heterocycles. The van der Waals surface area contributed by atoms with Gasteiger partial charge in [0.05, 0.1) is 0 Å². The van der Waals surface area contributed by atoms with Crippen molar-refractivity contribution in [2.45, 2.75) is 32.6 Å². The summed E-state index contributed by atoms with van der Waals surface area (Å²) in [6.45, 7) is 2.14. The highest BCUT2D eigenvalue weighted by molar-refractivity contribution is 6.33. The third kappa shape index (κ3) is 1.95. The Morgan fingerprint density at radius 3 is 2.56 bits per heavy atom. The first-order valence-electron chi connectivity index (χ1n) is 6.63. The lowest BCUT2D eigenvalue weighted by Crippen LogP contribution is -2.04. The van der Waals surface area contributed by atoms with Gasteiger partial charge >= 0.3 is 0 Å². The highest BCUT2D eigenvalue weighted by Crippen LogP contribution is 2.37. The molecule has 1 aliphatic rings. The summed E-state index contributed by atoms with van der Waals surface area (Å²) in [6, 6.07) is 12.8. The van der Waals surface area contributed by atoms with Crippen molar-refractivity contribution in [3.63, 3.8) is 0 Å². The first-order chi connectivity index (χ1) is 8.77. The monoisotopic (exact) mass is 256 g/mol. The van der Waals surface area contributed by atoms with Gasteiger partial charge in [0.25, 0.3) is 0 Å². The van der Waals surface area contributed by atoms with Crippen LogP contribution in [0.15, 0.2) is 36.4 Å². The second kappa shape index (κ2) is 4.78. The molecule has 0 N–H and O–H groups in total. The van der Waals surface area contributed by atoms with Crippen LogP contribution in [0.3, 0.4) is 0 Å². The fourth-order valence-electron chi connectivity index (χ4n) is 2.99. The summed E-state index contributed by atoms with van der Waals surface area (Å²) in [5.41, 5.74) is 6.85. The van der Waals surface area contributed by atoms with Gasteiger partial charge in [0.2, 0.25) is 0 Å². The average Bonchev–Trinajstić information content (AvgIpc) is 2.39. The Kier molecular flexibility index (Phi) is 3.13. The number of rotatable bonds is 1. The van der Waals surface area contributed by atoms with Gasteiger partial charge in [-0.2, -0.15) is 0 Å². The SMILES string of the molecule is Cc1cccc(Cl)c1-c1cccc2c1CCCC2. The van der Waals surface area contributed by atoms with Crippen LogP contribution in [-0.2, 0) is 12.8 Å². The van der Waals surface area contributed by atoms with Crippen molar-refractivity contribution in [3.8, 4) is 11.1 Å². The van der Waals surface area contributed by atoms with E-state index >= 15 is 0 Å². The van der Waals surface area contributed by atoms with Gasteiger partial charge in [0, 0.05) is 10.6 Å². The highest BCUT2D eigenvalue weighted by Gasteiger charge is 2.16. The lowest BCUT2D eigenvalue weighted by atomic mass is 9.85. The molecule has 0 aliphatic heterocycles. The van der Waals surface area contributed by atoms with E-state index in [0.717, 1.165) is 5.02 Å². The maximum atomic E-state index is 6.41. The largest absolute Gasteiger partial charge is 0.0837 e. The molecule has 0 amide bonds. The molecule has 1 aliphatic carbocycles. The summed E-state index contributed by atoms with van der Waals surface area (Å²) in [7, 11) is 0. The van der Waals surface area contributed by atoms with E-state index < -0.39 is 0 Å². The minimum atomic E-state index is 0.869. The molecule has 0 saturated heterocycles. The Bertz CT molecular complexity index is 564. The van der Waals surface area contributed by atoms with Crippen LogP contribution in [0.5, 0.6) is 0 Å². The Hall–Kier alpha value is -1.27. The van der Waals surface area contributed by atoms with E-state index in [1.54, 1.807) is 0 Å². The number of benzene rings is 2. The molecule has 0 saturated carbocycles. The second-order valence-electron chi connectivity index (χ2n) is 5.08. The molecule has 0 aromatic heterocycles. The van der Waals surface area contributed by atoms with Gasteiger partial charge in [-0.3, -0.25) is 0 Å². The zero-order valence-electron chi connectivity index (χ0n) is 10.7. The zero-order valence-corrected chi connectivity index (χ0v) is 11.4. The lowest BCUT2D eigenvalue weighted by molar-refractivity contribution is 0.687. The van der Waals surface area contributed by atoms with Gasteiger partial charge in [0.1, 0.15) is 0 Å². The smallest absolute Gasteiger partial charge is 0.0487 e. The molecule has 0 nitrogen and oxygen atoms in total. The molecule has 0 unspecified atom stereocenters. The van der Waals surface area contributed by atoms with Crippen molar-refractivity contribution in [3.05, 3.63) is 58.1 Å². The van der Waals surface area contributed by atoms with Gasteiger partial charge in [-0.25, -0.2) is 0 Å². The summed E-state index contributed by atoms with van der Waals surface area (Å²) in [5.74, 6) is 0. The molecule has 3 rings (SSSR count). The lowest BCUT2D eigenvalue weighted by Gasteiger charge is -2.21. The number of hydrogen-bond acceptors (Lipinski definition) is 0. The normalized spacial score (nSPS) is 14.3. The predicted octanol–water partition coefficient (Wildman–Crippen LogP) is 5.19. The molecule has 18 heavy (non-hydrogen) atoms. The summed E-state index contributed by atoms with van der Waals surface area (Å²) in [5, 5.41) is 0.869. The molecule has 0 bridgehead atoms. The second-order valence-corrected chi connectivity index (χ2v) is 5.49. The van der Waals surface area contributed by atoms with E-state index in [0.29, 0.717) is 0 Å². The van der Waals surface area contributed by atoms with Gasteiger partial charge in [-0.1, -0.05) is 41.9 Å². The third-order valence-corrected chi connectivity index (χ3v) is 4.20. The van der Waals surface area contributed by atoms with Crippen molar-refractivity contribution in [1.82, 2.24) is 0 Å². The number of fused-ring (bicyclic) bond motifs is 1. The summed E-state index contributed by atoms with van der Waals surface area (Å²) >= 11 is 6.41. The molecule has 2 aromatic rings. The Morgan fingerprint density at radius 1 is 0.944 bits per heavy atom. The minimum Gasteiger partial charge on any atom is -0.0837 e. The Labute approximate surface area is 114 Å². The average molecular weight is 257 g/mol. The standard InChI is InChI=1S/C17H17Cl/c1-12-6-4-11-16(18)17(12)15-10-5-8-13-7-2-3-9-14(13)15/h4-6,8,10-11H,2-3,7,9H2,1H3. The van der Waals surface area contributed by atoms with Crippen molar-refractivity contribution in [1.29, 1.82) is 0 Å². The molecule has 0 radical (unpaired) electrons. The highest BCUT2D eigenvalue weighted by atomic mass is 35.5. The van der Waals surface area contributed by atoms with Crippen LogP contribution in [0, 0.1) is 6.92 Å². The molecule has 0 fully saturated rings. The maximum absolute atomic E-state index is 6.41. The maximum Gasteiger partial charge on any atom is 0.0487 e. The van der Waals surface area contributed by atoms with E-state index in [2.05, 4.69) is 31.2 Å². The Morgan fingerprint density at radius 2 is 1.72 bits per heavy atom. The number of hydrogen-bond donors (Lipinski definition) is 0. The number of halogens is 1. The number of aryl methyl sites for hydroxylation is 2. The van der Waals surface area contributed by atoms with E-state index in [9.17, 15) is 0 Å². The topological polar surface area (TPSA) is 0 Å². The van der Waals surface area contributed by atoms with Crippen molar-refractivity contribution in [2.24, 2.45) is 0 Å². The van der Waals surface area contributed by atoms with Crippen LogP contribution in [0.4, 0.5) is 0 Å². The minimum absolute atomic E-state index is 0.869. The van der Waals surface area contributed by atoms with E-state index in [1.807, 2.05) is 12.1 Å². The van der Waals surface area contributed by atoms with Crippen LogP contribution < -0.4 is 0 Å². The third-order valence-electron chi connectivity index (χ3n) is 3.89. The van der Waals surface area contributed by atoms with Gasteiger partial charge in [-0.15, -0.1) is 0 Å².